The Morgan fingerprint density at radius 2 is 1.81 bits per heavy atom. The molecule has 10 nitrogen and oxygen atoms in total. The molecule has 0 spiro atoms. The van der Waals surface area contributed by atoms with Gasteiger partial charge in [0.2, 0.25) is 5.91 Å². The maximum absolute atomic E-state index is 11.1. The molecule has 1 aromatic carbocycles. The number of nitro groups is 2. The average molecular weight is 298 g/mol. The van der Waals surface area contributed by atoms with E-state index < -0.39 is 27.1 Å². The number of nitro benzene ring substituents is 2. The lowest BCUT2D eigenvalue weighted by Crippen LogP contribution is -2.14. The first-order chi connectivity index (χ1) is 9.88. The molecule has 21 heavy (non-hydrogen) atoms. The lowest BCUT2D eigenvalue weighted by molar-refractivity contribution is -0.392. The molecule has 0 bridgehead atoms. The van der Waals surface area contributed by atoms with Crippen LogP contribution >= 0.6 is 0 Å². The summed E-state index contributed by atoms with van der Waals surface area (Å²) < 4.78 is 4.82. The highest BCUT2D eigenvalue weighted by atomic mass is 16.6. The van der Waals surface area contributed by atoms with Crippen LogP contribution in [0, 0.1) is 20.2 Å². The second-order valence-corrected chi connectivity index (χ2v) is 4.04. The Balaban J connectivity index is 3.26. The fourth-order valence-electron chi connectivity index (χ4n) is 1.65. The van der Waals surface area contributed by atoms with E-state index in [-0.39, 0.29) is 17.8 Å². The van der Waals surface area contributed by atoms with Crippen molar-refractivity contribution in [2.24, 2.45) is 5.73 Å². The van der Waals surface area contributed by atoms with E-state index in [1.807, 2.05) is 0 Å². The van der Waals surface area contributed by atoms with Crippen molar-refractivity contribution in [3.63, 3.8) is 0 Å². The van der Waals surface area contributed by atoms with Gasteiger partial charge < -0.3 is 15.8 Å². The van der Waals surface area contributed by atoms with Crippen molar-refractivity contribution in [2.45, 2.75) is 6.42 Å². The summed E-state index contributed by atoms with van der Waals surface area (Å²) in [5.41, 5.74) is 3.32. The molecule has 0 atom stereocenters. The Morgan fingerprint density at radius 3 is 2.19 bits per heavy atom. The maximum atomic E-state index is 11.1. The second kappa shape index (κ2) is 7.14. The zero-order valence-electron chi connectivity index (χ0n) is 11.2. The van der Waals surface area contributed by atoms with E-state index >= 15 is 0 Å². The van der Waals surface area contributed by atoms with E-state index in [1.165, 1.54) is 7.11 Å². The second-order valence-electron chi connectivity index (χ2n) is 4.04. The van der Waals surface area contributed by atoms with Crippen molar-refractivity contribution < 1.29 is 19.4 Å². The number of rotatable bonds is 8. The van der Waals surface area contributed by atoms with Crippen LogP contribution < -0.4 is 11.1 Å². The number of nitrogens with one attached hydrogen (secondary N) is 1. The van der Waals surface area contributed by atoms with Gasteiger partial charge in [-0.2, -0.15) is 0 Å². The largest absolute Gasteiger partial charge is 0.385 e. The van der Waals surface area contributed by atoms with Crippen LogP contribution in [0.2, 0.25) is 0 Å². The molecule has 0 aliphatic heterocycles. The number of hydrogen-bond acceptors (Lipinski definition) is 7. The Hall–Kier alpha value is -2.75. The summed E-state index contributed by atoms with van der Waals surface area (Å²) in [5.74, 6) is -0.980. The molecule has 0 saturated carbocycles. The summed E-state index contributed by atoms with van der Waals surface area (Å²) >= 11 is 0. The minimum Gasteiger partial charge on any atom is -0.385 e. The van der Waals surface area contributed by atoms with E-state index in [9.17, 15) is 25.0 Å². The lowest BCUT2D eigenvalue weighted by atomic mass is 10.1. The molecule has 1 aromatic rings. The zero-order chi connectivity index (χ0) is 16.0. The molecule has 1 rings (SSSR count). The zero-order valence-corrected chi connectivity index (χ0v) is 11.2. The summed E-state index contributed by atoms with van der Waals surface area (Å²) in [6, 6.07) is 1.82. The van der Waals surface area contributed by atoms with Crippen LogP contribution in [0.1, 0.15) is 16.8 Å². The van der Waals surface area contributed by atoms with Gasteiger partial charge in [0, 0.05) is 32.4 Å². The fourth-order valence-corrected chi connectivity index (χ4v) is 1.65. The van der Waals surface area contributed by atoms with Crippen molar-refractivity contribution >= 4 is 23.0 Å². The number of carbonyl (C=O) groups is 1. The molecule has 0 aromatic heterocycles. The number of amides is 1. The third-order valence-electron chi connectivity index (χ3n) is 2.60. The average Bonchev–Trinajstić information content (AvgIpc) is 2.42. The number of benzene rings is 1. The number of carbonyl (C=O) groups excluding carboxylic acids is 1. The number of anilines is 1. The minimum atomic E-state index is -0.980. The van der Waals surface area contributed by atoms with E-state index in [2.05, 4.69) is 5.32 Å². The Bertz CT molecular complexity index is 539. The third kappa shape index (κ3) is 4.11. The Morgan fingerprint density at radius 1 is 1.29 bits per heavy atom. The summed E-state index contributed by atoms with van der Waals surface area (Å²) in [4.78, 5) is 31.5. The highest BCUT2D eigenvalue weighted by Gasteiger charge is 2.27. The quantitative estimate of drug-likeness (QED) is 0.413. The molecule has 1 amide bonds. The van der Waals surface area contributed by atoms with Crippen LogP contribution in [0.5, 0.6) is 0 Å². The smallest absolute Gasteiger partial charge is 0.300 e. The predicted octanol–water partition coefficient (Wildman–Crippen LogP) is 1.05. The van der Waals surface area contributed by atoms with Gasteiger partial charge >= 0.3 is 0 Å². The fraction of sp³-hybridized carbons (Fsp3) is 0.364. The van der Waals surface area contributed by atoms with Crippen molar-refractivity contribution in [3.05, 3.63) is 37.9 Å². The first-order valence-electron chi connectivity index (χ1n) is 5.88. The number of nitrogens with two attached hydrogens (primary N) is 1. The van der Waals surface area contributed by atoms with Crippen LogP contribution in [0.25, 0.3) is 0 Å². The lowest BCUT2D eigenvalue weighted by Gasteiger charge is -2.08. The van der Waals surface area contributed by atoms with Gasteiger partial charge in [0.1, 0.15) is 0 Å². The Labute approximate surface area is 119 Å². The summed E-state index contributed by atoms with van der Waals surface area (Å²) in [7, 11) is 1.49. The van der Waals surface area contributed by atoms with E-state index in [0.717, 1.165) is 12.1 Å². The van der Waals surface area contributed by atoms with Gasteiger partial charge in [-0.15, -0.1) is 0 Å². The minimum absolute atomic E-state index is 0.242. The monoisotopic (exact) mass is 298 g/mol. The first-order valence-corrected chi connectivity index (χ1v) is 5.88. The van der Waals surface area contributed by atoms with Gasteiger partial charge in [-0.1, -0.05) is 0 Å². The molecule has 114 valence electrons. The van der Waals surface area contributed by atoms with Crippen LogP contribution in [-0.4, -0.2) is 36.0 Å². The molecule has 0 saturated heterocycles. The maximum Gasteiger partial charge on any atom is 0.300 e. The molecular formula is C11H14N4O6. The van der Waals surface area contributed by atoms with Crippen molar-refractivity contribution in [1.82, 2.24) is 0 Å². The topological polar surface area (TPSA) is 151 Å². The number of ether oxygens (including phenoxy) is 1. The summed E-state index contributed by atoms with van der Waals surface area (Å²) in [5, 5.41) is 24.7. The van der Waals surface area contributed by atoms with Gasteiger partial charge in [0.15, 0.2) is 5.69 Å². The molecule has 0 aliphatic carbocycles. The van der Waals surface area contributed by atoms with Crippen molar-refractivity contribution in [1.29, 1.82) is 0 Å². The molecule has 10 heteroatoms. The SMILES string of the molecule is COCCCNc1c([N+](=O)[O-])cc(C(N)=O)cc1[N+](=O)[O-]. The predicted molar refractivity (Wildman–Crippen MR) is 73.3 cm³/mol. The number of primary amides is 1. The molecule has 0 radical (unpaired) electrons. The molecule has 0 unspecified atom stereocenters. The van der Waals surface area contributed by atoms with Crippen LogP contribution in [0.15, 0.2) is 12.1 Å². The van der Waals surface area contributed by atoms with Crippen LogP contribution in [0.3, 0.4) is 0 Å². The third-order valence-corrected chi connectivity index (χ3v) is 2.60. The van der Waals surface area contributed by atoms with Gasteiger partial charge in [-0.25, -0.2) is 0 Å². The number of nitrogens with zero attached hydrogens (tertiary/aromatic N) is 2. The number of methoxy groups -OCH3 is 1. The first kappa shape index (κ1) is 16.3. The summed E-state index contributed by atoms with van der Waals surface area (Å²) in [6.07, 6.45) is 0.502. The van der Waals surface area contributed by atoms with E-state index in [4.69, 9.17) is 10.5 Å². The molecule has 0 heterocycles. The standard InChI is InChI=1S/C11H14N4O6/c1-21-4-2-3-13-10-8(14(17)18)5-7(11(12)16)6-9(10)15(19)20/h5-6,13H,2-4H2,1H3,(H2,12,16). The van der Waals surface area contributed by atoms with Crippen molar-refractivity contribution in [2.75, 3.05) is 25.6 Å². The molecular weight excluding hydrogens is 284 g/mol. The van der Waals surface area contributed by atoms with Gasteiger partial charge in [0.05, 0.1) is 15.4 Å². The van der Waals surface area contributed by atoms with E-state index in [0.29, 0.717) is 13.0 Å². The normalized spacial score (nSPS) is 10.1. The molecule has 0 aliphatic rings. The Kier molecular flexibility index (Phi) is 5.55. The molecule has 0 fully saturated rings. The van der Waals surface area contributed by atoms with Crippen LogP contribution in [-0.2, 0) is 4.74 Å². The van der Waals surface area contributed by atoms with Crippen LogP contribution in [0.4, 0.5) is 17.1 Å². The summed E-state index contributed by atoms with van der Waals surface area (Å²) in [6.45, 7) is 0.638. The van der Waals surface area contributed by atoms with Gasteiger partial charge in [0.25, 0.3) is 11.4 Å². The van der Waals surface area contributed by atoms with Gasteiger partial charge in [-0.3, -0.25) is 25.0 Å². The van der Waals surface area contributed by atoms with Crippen molar-refractivity contribution in [3.8, 4) is 0 Å². The highest BCUT2D eigenvalue weighted by Crippen LogP contribution is 2.35. The highest BCUT2D eigenvalue weighted by molar-refractivity contribution is 5.96. The van der Waals surface area contributed by atoms with E-state index in [1.54, 1.807) is 0 Å². The number of hydrogen-bond donors (Lipinski definition) is 2. The van der Waals surface area contributed by atoms with Gasteiger partial charge in [-0.05, 0) is 6.42 Å². The molecule has 3 N–H and O–H groups in total.